The van der Waals surface area contributed by atoms with E-state index in [0.717, 1.165) is 0 Å². The second-order valence-electron chi connectivity index (χ2n) is 4.62. The molecule has 0 saturated carbocycles. The number of benzene rings is 2. The molecule has 2 aromatic rings. The van der Waals surface area contributed by atoms with Gasteiger partial charge in [-0.2, -0.15) is 13.2 Å². The number of nitrogens with one attached hydrogen (secondary N) is 1. The summed E-state index contributed by atoms with van der Waals surface area (Å²) in [6.45, 7) is 0. The maximum absolute atomic E-state index is 13.1. The monoisotopic (exact) mass is 293 g/mol. The molecule has 0 bridgehead atoms. The summed E-state index contributed by atoms with van der Waals surface area (Å²) >= 11 is 0. The molecule has 2 aromatic carbocycles. The van der Waals surface area contributed by atoms with E-state index in [2.05, 4.69) is 5.32 Å². The Kier molecular flexibility index (Phi) is 4.62. The van der Waals surface area contributed by atoms with E-state index in [4.69, 9.17) is 0 Å². The maximum atomic E-state index is 13.1. The van der Waals surface area contributed by atoms with Crippen molar-refractivity contribution in [3.05, 3.63) is 71.8 Å². The van der Waals surface area contributed by atoms with Gasteiger partial charge in [0.15, 0.2) is 0 Å². The molecule has 0 aromatic heterocycles. The van der Waals surface area contributed by atoms with Gasteiger partial charge in [0.1, 0.15) is 6.04 Å². The van der Waals surface area contributed by atoms with E-state index in [1.807, 2.05) is 0 Å². The number of hydrogen-bond acceptors (Lipinski definition) is 1. The highest BCUT2D eigenvalue weighted by molar-refractivity contribution is 5.94. The molecule has 1 unspecified atom stereocenters. The first-order valence-electron chi connectivity index (χ1n) is 6.43. The van der Waals surface area contributed by atoms with Crippen molar-refractivity contribution in [2.24, 2.45) is 0 Å². The van der Waals surface area contributed by atoms with Crippen molar-refractivity contribution in [2.75, 3.05) is 0 Å². The quantitative estimate of drug-likeness (QED) is 0.917. The lowest BCUT2D eigenvalue weighted by atomic mass is 10.0. The van der Waals surface area contributed by atoms with Gasteiger partial charge in [0, 0.05) is 12.0 Å². The predicted octanol–water partition coefficient (Wildman–Crippen LogP) is 3.59. The molecule has 110 valence electrons. The standard InChI is InChI=1S/C16H14F3NO/c17-16(18,19)14(11-12-7-3-1-4-8-12)20-15(21)13-9-5-2-6-10-13/h1-10,14H,11H2,(H,20,21). The van der Waals surface area contributed by atoms with E-state index in [0.29, 0.717) is 5.56 Å². The molecule has 21 heavy (non-hydrogen) atoms. The van der Waals surface area contributed by atoms with Crippen molar-refractivity contribution in [1.29, 1.82) is 0 Å². The van der Waals surface area contributed by atoms with Gasteiger partial charge in [-0.05, 0) is 17.7 Å². The van der Waals surface area contributed by atoms with Crippen molar-refractivity contribution >= 4 is 5.91 Å². The van der Waals surface area contributed by atoms with E-state index >= 15 is 0 Å². The molecule has 0 aliphatic rings. The molecule has 5 heteroatoms. The zero-order valence-electron chi connectivity index (χ0n) is 11.1. The Morgan fingerprint density at radius 1 is 0.952 bits per heavy atom. The first-order valence-corrected chi connectivity index (χ1v) is 6.43. The number of carbonyl (C=O) groups excluding carboxylic acids is 1. The highest BCUT2D eigenvalue weighted by atomic mass is 19.4. The lowest BCUT2D eigenvalue weighted by Gasteiger charge is -2.21. The molecule has 1 amide bonds. The number of halogens is 3. The molecule has 0 aliphatic heterocycles. The topological polar surface area (TPSA) is 29.1 Å². The van der Waals surface area contributed by atoms with Gasteiger partial charge in [0.25, 0.3) is 5.91 Å². The third kappa shape index (κ3) is 4.34. The average Bonchev–Trinajstić information content (AvgIpc) is 2.47. The van der Waals surface area contributed by atoms with E-state index in [9.17, 15) is 18.0 Å². The zero-order valence-corrected chi connectivity index (χ0v) is 11.1. The third-order valence-electron chi connectivity index (χ3n) is 3.02. The van der Waals surface area contributed by atoms with Crippen LogP contribution in [0.25, 0.3) is 0 Å². The fourth-order valence-electron chi connectivity index (χ4n) is 1.93. The SMILES string of the molecule is O=C(NC(Cc1ccccc1)C(F)(F)F)c1ccccc1. The van der Waals surface area contributed by atoms with E-state index < -0.39 is 18.1 Å². The molecule has 1 atom stereocenters. The van der Waals surface area contributed by atoms with Crippen molar-refractivity contribution in [1.82, 2.24) is 5.32 Å². The summed E-state index contributed by atoms with van der Waals surface area (Å²) in [5, 5.41) is 2.06. The number of hydrogen-bond donors (Lipinski definition) is 1. The van der Waals surface area contributed by atoms with Crippen molar-refractivity contribution in [2.45, 2.75) is 18.6 Å². The van der Waals surface area contributed by atoms with E-state index in [1.165, 1.54) is 12.1 Å². The summed E-state index contributed by atoms with van der Waals surface area (Å²) in [5.41, 5.74) is 0.730. The smallest absolute Gasteiger partial charge is 0.340 e. The van der Waals surface area contributed by atoms with Crippen molar-refractivity contribution in [3.8, 4) is 0 Å². The van der Waals surface area contributed by atoms with Crippen LogP contribution >= 0.6 is 0 Å². The van der Waals surface area contributed by atoms with Crippen LogP contribution in [0.2, 0.25) is 0 Å². The molecule has 1 N–H and O–H groups in total. The number of alkyl halides is 3. The predicted molar refractivity (Wildman–Crippen MR) is 73.9 cm³/mol. The van der Waals surface area contributed by atoms with E-state index in [1.54, 1.807) is 48.5 Å². The third-order valence-corrected chi connectivity index (χ3v) is 3.02. The first-order chi connectivity index (χ1) is 9.97. The van der Waals surface area contributed by atoms with Gasteiger partial charge in [-0.3, -0.25) is 4.79 Å². The Bertz CT molecular complexity index is 581. The minimum absolute atomic E-state index is 0.208. The molecule has 2 nitrogen and oxygen atoms in total. The summed E-state index contributed by atoms with van der Waals surface area (Å²) in [7, 11) is 0. The lowest BCUT2D eigenvalue weighted by molar-refractivity contribution is -0.153. The van der Waals surface area contributed by atoms with Gasteiger partial charge in [-0.1, -0.05) is 48.5 Å². The molecular weight excluding hydrogens is 279 g/mol. The van der Waals surface area contributed by atoms with Crippen LogP contribution in [-0.4, -0.2) is 18.1 Å². The van der Waals surface area contributed by atoms with Crippen LogP contribution in [0.1, 0.15) is 15.9 Å². The highest BCUT2D eigenvalue weighted by Gasteiger charge is 2.40. The normalized spacial score (nSPS) is 12.7. The number of carbonyl (C=O) groups is 1. The van der Waals surface area contributed by atoms with Gasteiger partial charge in [0.05, 0.1) is 0 Å². The zero-order chi connectivity index (χ0) is 15.3. The molecule has 0 spiro atoms. The Hall–Kier alpha value is -2.30. The van der Waals surface area contributed by atoms with E-state index in [-0.39, 0.29) is 12.0 Å². The fourth-order valence-corrected chi connectivity index (χ4v) is 1.93. The largest absolute Gasteiger partial charge is 0.408 e. The maximum Gasteiger partial charge on any atom is 0.408 e. The van der Waals surface area contributed by atoms with Crippen LogP contribution in [0.3, 0.4) is 0 Å². The molecule has 0 fully saturated rings. The summed E-state index contributed by atoms with van der Waals surface area (Å²) < 4.78 is 39.2. The number of amides is 1. The minimum atomic E-state index is -4.50. The molecule has 0 radical (unpaired) electrons. The molecule has 2 rings (SSSR count). The second-order valence-corrected chi connectivity index (χ2v) is 4.62. The Balaban J connectivity index is 2.12. The van der Waals surface area contributed by atoms with Gasteiger partial charge in [-0.15, -0.1) is 0 Å². The van der Waals surface area contributed by atoms with Gasteiger partial charge >= 0.3 is 6.18 Å². The van der Waals surface area contributed by atoms with Crippen LogP contribution in [0, 0.1) is 0 Å². The van der Waals surface area contributed by atoms with Crippen LogP contribution in [0.15, 0.2) is 60.7 Å². The number of rotatable bonds is 4. The highest BCUT2D eigenvalue weighted by Crippen LogP contribution is 2.23. The Morgan fingerprint density at radius 2 is 1.48 bits per heavy atom. The van der Waals surface area contributed by atoms with Crippen LogP contribution < -0.4 is 5.32 Å². The first kappa shape index (κ1) is 15.1. The second kappa shape index (κ2) is 6.43. The lowest BCUT2D eigenvalue weighted by Crippen LogP contribution is -2.46. The Labute approximate surface area is 120 Å². The van der Waals surface area contributed by atoms with Crippen molar-refractivity contribution < 1.29 is 18.0 Å². The van der Waals surface area contributed by atoms with Gasteiger partial charge < -0.3 is 5.32 Å². The molecule has 0 saturated heterocycles. The molecule has 0 heterocycles. The average molecular weight is 293 g/mol. The van der Waals surface area contributed by atoms with Gasteiger partial charge in [0.2, 0.25) is 0 Å². The van der Waals surface area contributed by atoms with Crippen LogP contribution in [-0.2, 0) is 6.42 Å². The summed E-state index contributed by atoms with van der Waals surface area (Å²) in [6, 6.07) is 14.2. The molecular formula is C16H14F3NO. The van der Waals surface area contributed by atoms with Gasteiger partial charge in [-0.25, -0.2) is 0 Å². The Morgan fingerprint density at radius 3 is 2.00 bits per heavy atom. The minimum Gasteiger partial charge on any atom is -0.340 e. The van der Waals surface area contributed by atoms with Crippen LogP contribution in [0.5, 0.6) is 0 Å². The molecule has 0 aliphatic carbocycles. The summed E-state index contributed by atoms with van der Waals surface area (Å²) in [6.07, 6.45) is -4.79. The summed E-state index contributed by atoms with van der Waals surface area (Å²) in [5.74, 6) is -0.728. The summed E-state index contributed by atoms with van der Waals surface area (Å²) in [4.78, 5) is 11.9. The fraction of sp³-hybridized carbons (Fsp3) is 0.188. The van der Waals surface area contributed by atoms with Crippen LogP contribution in [0.4, 0.5) is 13.2 Å². The van der Waals surface area contributed by atoms with Crippen molar-refractivity contribution in [3.63, 3.8) is 0 Å².